The van der Waals surface area contributed by atoms with Gasteiger partial charge in [0.15, 0.2) is 0 Å². The molecule has 0 aliphatic carbocycles. The Kier molecular flexibility index (Phi) is 7.93. The fourth-order valence-electron chi connectivity index (χ4n) is 5.87. The second-order valence-electron chi connectivity index (χ2n) is 10.7. The minimum atomic E-state index is -0.662. The minimum Gasteiger partial charge on any atom is -0.378 e. The number of nitrogens with zero attached hydrogens (tertiary/aromatic N) is 5. The van der Waals surface area contributed by atoms with Gasteiger partial charge in [0, 0.05) is 46.3 Å². The quantitative estimate of drug-likeness (QED) is 0.473. The van der Waals surface area contributed by atoms with E-state index in [-0.39, 0.29) is 24.4 Å². The van der Waals surface area contributed by atoms with E-state index in [2.05, 4.69) is 29.6 Å². The van der Waals surface area contributed by atoms with Crippen molar-refractivity contribution in [2.45, 2.75) is 38.5 Å². The summed E-state index contributed by atoms with van der Waals surface area (Å²) in [6.45, 7) is 3.29. The normalized spacial score (nSPS) is 19.2. The zero-order valence-electron chi connectivity index (χ0n) is 23.7. The first-order chi connectivity index (χ1) is 19.3. The van der Waals surface area contributed by atoms with Crippen LogP contribution in [0.25, 0.3) is 10.8 Å². The lowest BCUT2D eigenvalue weighted by molar-refractivity contribution is -0.157. The number of nitrogens with one attached hydrogen (secondary N) is 1. The SMILES string of the molecule is CCCN(C(=O)NC)N1CC(=O)N2[C@@H](Cc3ccc(N(C)C)cc3)C(=O)N(Cc3cccc4ccccc34)C[C@@H]21. The number of carbonyl (C=O) groups excluding carboxylic acids is 3. The van der Waals surface area contributed by atoms with Crippen LogP contribution in [0.3, 0.4) is 0 Å². The predicted molar refractivity (Wildman–Crippen MR) is 156 cm³/mol. The number of rotatable bonds is 8. The smallest absolute Gasteiger partial charge is 0.331 e. The summed E-state index contributed by atoms with van der Waals surface area (Å²) in [6.07, 6.45) is 0.711. The summed E-state index contributed by atoms with van der Waals surface area (Å²) in [5, 5.41) is 8.40. The van der Waals surface area contributed by atoms with Crippen LogP contribution in [0.15, 0.2) is 66.7 Å². The van der Waals surface area contributed by atoms with E-state index in [0.29, 0.717) is 26.1 Å². The van der Waals surface area contributed by atoms with E-state index in [1.54, 1.807) is 17.0 Å². The Hall–Kier alpha value is -4.11. The van der Waals surface area contributed by atoms with Gasteiger partial charge in [-0.2, -0.15) is 5.01 Å². The first-order valence-electron chi connectivity index (χ1n) is 13.9. The van der Waals surface area contributed by atoms with Crippen molar-refractivity contribution >= 4 is 34.3 Å². The Bertz CT molecular complexity index is 1390. The number of anilines is 1. The van der Waals surface area contributed by atoms with Crippen molar-refractivity contribution in [2.75, 3.05) is 45.7 Å². The first-order valence-corrected chi connectivity index (χ1v) is 13.9. The average molecular weight is 543 g/mol. The topological polar surface area (TPSA) is 79.4 Å². The summed E-state index contributed by atoms with van der Waals surface area (Å²) in [5.74, 6) is -0.207. The van der Waals surface area contributed by atoms with Gasteiger partial charge in [0.1, 0.15) is 12.2 Å². The molecule has 5 rings (SSSR count). The zero-order valence-corrected chi connectivity index (χ0v) is 23.7. The van der Waals surface area contributed by atoms with Gasteiger partial charge in [-0.1, -0.05) is 61.5 Å². The molecular formula is C31H38N6O3. The third-order valence-corrected chi connectivity index (χ3v) is 7.88. The highest BCUT2D eigenvalue weighted by molar-refractivity contribution is 5.92. The van der Waals surface area contributed by atoms with Crippen molar-refractivity contribution < 1.29 is 14.4 Å². The van der Waals surface area contributed by atoms with Crippen LogP contribution in [0.1, 0.15) is 24.5 Å². The number of hydrazine groups is 1. The highest BCUT2D eigenvalue weighted by Crippen LogP contribution is 2.31. The van der Waals surface area contributed by atoms with E-state index in [9.17, 15) is 14.4 Å². The van der Waals surface area contributed by atoms with E-state index in [4.69, 9.17) is 0 Å². The fourth-order valence-corrected chi connectivity index (χ4v) is 5.87. The van der Waals surface area contributed by atoms with Crippen molar-refractivity contribution in [2.24, 2.45) is 0 Å². The van der Waals surface area contributed by atoms with Crippen molar-refractivity contribution in [1.82, 2.24) is 25.1 Å². The number of fused-ring (bicyclic) bond motifs is 2. The molecular weight excluding hydrogens is 504 g/mol. The van der Waals surface area contributed by atoms with Gasteiger partial charge in [-0.3, -0.25) is 14.6 Å². The highest BCUT2D eigenvalue weighted by atomic mass is 16.2. The Labute approximate surface area is 235 Å². The van der Waals surface area contributed by atoms with Crippen LogP contribution in [-0.2, 0) is 22.6 Å². The van der Waals surface area contributed by atoms with Crippen LogP contribution >= 0.6 is 0 Å². The standard InChI is InChI=1S/C31H38N6O3/c1-5-17-35(31(40)32-2)36-21-29(38)37-27(18-22-13-15-25(16-14-22)33(3)4)30(39)34(20-28(36)37)19-24-11-8-10-23-9-6-7-12-26(23)24/h6-16,27-28H,5,17-21H2,1-4H3,(H,32,40)/t27-,28+/m0/s1. The number of carbonyl (C=O) groups is 3. The molecule has 0 aromatic heterocycles. The lowest BCUT2D eigenvalue weighted by Crippen LogP contribution is -2.66. The Morgan fingerprint density at radius 2 is 1.73 bits per heavy atom. The molecule has 0 radical (unpaired) electrons. The van der Waals surface area contributed by atoms with Gasteiger partial charge in [0.2, 0.25) is 11.8 Å². The van der Waals surface area contributed by atoms with Crippen molar-refractivity contribution in [3.05, 3.63) is 77.9 Å². The van der Waals surface area contributed by atoms with Crippen LogP contribution in [0.2, 0.25) is 0 Å². The lowest BCUT2D eigenvalue weighted by Gasteiger charge is -2.46. The van der Waals surface area contributed by atoms with Crippen LogP contribution in [0.5, 0.6) is 0 Å². The Balaban J connectivity index is 1.51. The van der Waals surface area contributed by atoms with Crippen molar-refractivity contribution in [3.8, 4) is 0 Å². The monoisotopic (exact) mass is 542 g/mol. The number of hydrogen-bond acceptors (Lipinski definition) is 5. The number of amides is 4. The Morgan fingerprint density at radius 3 is 2.42 bits per heavy atom. The molecule has 2 atom stereocenters. The largest absolute Gasteiger partial charge is 0.378 e. The maximum atomic E-state index is 14.1. The highest BCUT2D eigenvalue weighted by Gasteiger charge is 2.52. The molecule has 9 nitrogen and oxygen atoms in total. The molecule has 3 aromatic carbocycles. The molecule has 2 aliphatic rings. The average Bonchev–Trinajstić information content (AvgIpc) is 3.29. The molecule has 3 aromatic rings. The van der Waals surface area contributed by atoms with E-state index in [0.717, 1.165) is 34.0 Å². The van der Waals surface area contributed by atoms with Gasteiger partial charge in [0.25, 0.3) is 0 Å². The molecule has 2 heterocycles. The van der Waals surface area contributed by atoms with Gasteiger partial charge in [-0.25, -0.2) is 4.79 Å². The lowest BCUT2D eigenvalue weighted by atomic mass is 9.98. The molecule has 0 bridgehead atoms. The molecule has 2 aliphatic heterocycles. The summed E-state index contributed by atoms with van der Waals surface area (Å²) in [6, 6.07) is 21.5. The molecule has 40 heavy (non-hydrogen) atoms. The van der Waals surface area contributed by atoms with Crippen LogP contribution < -0.4 is 10.2 Å². The molecule has 2 fully saturated rings. The van der Waals surface area contributed by atoms with Crippen molar-refractivity contribution in [3.63, 3.8) is 0 Å². The summed E-state index contributed by atoms with van der Waals surface area (Å²) in [7, 11) is 5.57. The Morgan fingerprint density at radius 1 is 1.00 bits per heavy atom. The molecule has 0 unspecified atom stereocenters. The summed E-state index contributed by atoms with van der Waals surface area (Å²) in [5.41, 5.74) is 3.11. The predicted octanol–water partition coefficient (Wildman–Crippen LogP) is 3.30. The van der Waals surface area contributed by atoms with Gasteiger partial charge >= 0.3 is 6.03 Å². The first kappa shape index (κ1) is 27.5. The molecule has 0 spiro atoms. The molecule has 1 N–H and O–H groups in total. The second kappa shape index (κ2) is 11.6. The second-order valence-corrected chi connectivity index (χ2v) is 10.7. The third kappa shape index (κ3) is 5.21. The minimum absolute atomic E-state index is 0.0591. The van der Waals surface area contributed by atoms with Gasteiger partial charge < -0.3 is 20.0 Å². The zero-order chi connectivity index (χ0) is 28.4. The summed E-state index contributed by atoms with van der Waals surface area (Å²) < 4.78 is 0. The van der Waals surface area contributed by atoms with E-state index in [1.165, 1.54) is 0 Å². The van der Waals surface area contributed by atoms with E-state index in [1.807, 2.05) is 78.3 Å². The third-order valence-electron chi connectivity index (χ3n) is 7.88. The van der Waals surface area contributed by atoms with Crippen molar-refractivity contribution in [1.29, 1.82) is 0 Å². The molecule has 4 amide bonds. The van der Waals surface area contributed by atoms with Crippen LogP contribution in [0.4, 0.5) is 10.5 Å². The summed E-state index contributed by atoms with van der Waals surface area (Å²) in [4.78, 5) is 46.1. The number of hydrogen-bond donors (Lipinski definition) is 1. The number of piperazine rings is 1. The molecule has 9 heteroatoms. The summed E-state index contributed by atoms with van der Waals surface area (Å²) >= 11 is 0. The molecule has 210 valence electrons. The maximum absolute atomic E-state index is 14.1. The van der Waals surface area contributed by atoms with Crippen LogP contribution in [0, 0.1) is 0 Å². The van der Waals surface area contributed by atoms with Gasteiger partial charge in [0.05, 0.1) is 13.1 Å². The van der Waals surface area contributed by atoms with Gasteiger partial charge in [-0.15, -0.1) is 0 Å². The van der Waals surface area contributed by atoms with E-state index < -0.39 is 12.2 Å². The van der Waals surface area contributed by atoms with Gasteiger partial charge in [-0.05, 0) is 40.5 Å². The molecule has 2 saturated heterocycles. The van der Waals surface area contributed by atoms with E-state index >= 15 is 0 Å². The molecule has 0 saturated carbocycles. The maximum Gasteiger partial charge on any atom is 0.331 e. The number of benzene rings is 3. The van der Waals surface area contributed by atoms with Crippen LogP contribution in [-0.4, -0.2) is 90.6 Å². The fraction of sp³-hybridized carbons (Fsp3) is 0.387. The number of urea groups is 1.